The number of nitrogens with two attached hydrogens (primary N) is 1. The molecule has 2 heterocycles. The molecule has 3 N–H and O–H groups in total. The number of anilines is 1. The number of benzene rings is 1. The van der Waals surface area contributed by atoms with E-state index in [4.69, 9.17) is 5.73 Å². The van der Waals surface area contributed by atoms with Gasteiger partial charge in [0.25, 0.3) is 5.56 Å². The van der Waals surface area contributed by atoms with Crippen LogP contribution in [0.1, 0.15) is 13.8 Å². The van der Waals surface area contributed by atoms with E-state index in [1.807, 2.05) is 13.8 Å². The third-order valence-corrected chi connectivity index (χ3v) is 4.90. The molecule has 0 spiro atoms. The van der Waals surface area contributed by atoms with E-state index in [2.05, 4.69) is 4.98 Å². The van der Waals surface area contributed by atoms with Gasteiger partial charge in [-0.3, -0.25) is 13.9 Å². The zero-order chi connectivity index (χ0) is 19.0. The molecule has 0 saturated heterocycles. The Bertz CT molecular complexity index is 1060. The van der Waals surface area contributed by atoms with Crippen molar-refractivity contribution in [3.63, 3.8) is 0 Å². The maximum atomic E-state index is 12.6. The average Bonchev–Trinajstić information content (AvgIpc) is 3.07. The number of nitrogens with zero attached hydrogens (tertiary/aromatic N) is 3. The summed E-state index contributed by atoms with van der Waals surface area (Å²) in [6.45, 7) is 4.37. The van der Waals surface area contributed by atoms with Gasteiger partial charge in [-0.15, -0.1) is 11.3 Å². The van der Waals surface area contributed by atoms with Crippen LogP contribution in [0.2, 0.25) is 0 Å². The molecule has 0 aliphatic rings. The summed E-state index contributed by atoms with van der Waals surface area (Å²) in [6, 6.07) is 6.65. The maximum absolute atomic E-state index is 12.6. The van der Waals surface area contributed by atoms with Gasteiger partial charge in [0.2, 0.25) is 0 Å². The first-order chi connectivity index (χ1) is 12.3. The quantitative estimate of drug-likeness (QED) is 0.731. The second kappa shape index (κ2) is 6.80. The van der Waals surface area contributed by atoms with Gasteiger partial charge in [-0.1, -0.05) is 13.8 Å². The van der Waals surface area contributed by atoms with E-state index in [1.54, 1.807) is 29.6 Å². The van der Waals surface area contributed by atoms with Crippen molar-refractivity contribution in [1.29, 1.82) is 0 Å². The van der Waals surface area contributed by atoms with Crippen molar-refractivity contribution in [2.75, 3.05) is 5.73 Å². The van der Waals surface area contributed by atoms with Gasteiger partial charge < -0.3 is 10.8 Å². The van der Waals surface area contributed by atoms with Crippen molar-refractivity contribution >= 4 is 17.2 Å². The standard InChI is InChI=1S/C18H20N4O3S/c1-10(2)8-22-15(19)14(17(24)21(3)18(22)25)13-9-26-16(20-13)11-4-6-12(23)7-5-11/h4-7,9-10,23H,8,19H2,1-3H3. The number of hydrogen-bond acceptors (Lipinski definition) is 6. The van der Waals surface area contributed by atoms with E-state index in [-0.39, 0.29) is 23.0 Å². The second-order valence-electron chi connectivity index (χ2n) is 6.50. The fraction of sp³-hybridized carbons (Fsp3) is 0.278. The minimum absolute atomic E-state index is 0.134. The van der Waals surface area contributed by atoms with Crippen molar-refractivity contribution in [2.24, 2.45) is 13.0 Å². The highest BCUT2D eigenvalue weighted by Gasteiger charge is 2.20. The van der Waals surface area contributed by atoms with Crippen LogP contribution < -0.4 is 17.0 Å². The van der Waals surface area contributed by atoms with Gasteiger partial charge in [0.15, 0.2) is 0 Å². The molecule has 1 aromatic carbocycles. The van der Waals surface area contributed by atoms with Gasteiger partial charge in [0, 0.05) is 24.5 Å². The first-order valence-electron chi connectivity index (χ1n) is 8.14. The van der Waals surface area contributed by atoms with Crippen LogP contribution in [0.4, 0.5) is 5.82 Å². The zero-order valence-corrected chi connectivity index (χ0v) is 15.6. The molecule has 2 aromatic heterocycles. The first kappa shape index (κ1) is 17.9. The lowest BCUT2D eigenvalue weighted by molar-refractivity contribution is 0.475. The summed E-state index contributed by atoms with van der Waals surface area (Å²) >= 11 is 1.37. The highest BCUT2D eigenvalue weighted by Crippen LogP contribution is 2.30. The summed E-state index contributed by atoms with van der Waals surface area (Å²) in [4.78, 5) is 29.6. The number of phenols is 1. The minimum Gasteiger partial charge on any atom is -0.508 e. The SMILES string of the molecule is CC(C)Cn1c(N)c(-c2csc(-c3ccc(O)cc3)n2)c(=O)n(C)c1=O. The van der Waals surface area contributed by atoms with Crippen molar-refractivity contribution in [1.82, 2.24) is 14.1 Å². The van der Waals surface area contributed by atoms with E-state index < -0.39 is 11.2 Å². The molecule has 0 fully saturated rings. The molecular formula is C18H20N4O3S. The maximum Gasteiger partial charge on any atom is 0.332 e. The number of nitrogen functional groups attached to an aromatic ring is 1. The largest absolute Gasteiger partial charge is 0.508 e. The highest BCUT2D eigenvalue weighted by atomic mass is 32.1. The Morgan fingerprint density at radius 2 is 1.88 bits per heavy atom. The summed E-state index contributed by atoms with van der Waals surface area (Å²) in [7, 11) is 1.44. The number of rotatable bonds is 4. The monoisotopic (exact) mass is 372 g/mol. The molecule has 0 aliphatic carbocycles. The lowest BCUT2D eigenvalue weighted by atomic mass is 10.2. The predicted molar refractivity (Wildman–Crippen MR) is 103 cm³/mol. The lowest BCUT2D eigenvalue weighted by Gasteiger charge is -2.15. The Morgan fingerprint density at radius 3 is 2.50 bits per heavy atom. The van der Waals surface area contributed by atoms with Crippen LogP contribution in [0, 0.1) is 5.92 Å². The van der Waals surface area contributed by atoms with Crippen molar-refractivity contribution in [3.05, 3.63) is 50.5 Å². The van der Waals surface area contributed by atoms with Crippen molar-refractivity contribution in [3.8, 4) is 27.6 Å². The van der Waals surface area contributed by atoms with E-state index in [1.165, 1.54) is 23.0 Å². The van der Waals surface area contributed by atoms with Gasteiger partial charge in [0.05, 0.1) is 5.69 Å². The van der Waals surface area contributed by atoms with Gasteiger partial charge >= 0.3 is 5.69 Å². The summed E-state index contributed by atoms with van der Waals surface area (Å²) in [5.74, 6) is 0.502. The molecule has 0 bridgehead atoms. The molecule has 0 unspecified atom stereocenters. The third-order valence-electron chi connectivity index (χ3n) is 4.01. The smallest absolute Gasteiger partial charge is 0.332 e. The van der Waals surface area contributed by atoms with Crippen LogP contribution in [-0.4, -0.2) is 19.2 Å². The van der Waals surface area contributed by atoms with Crippen molar-refractivity contribution in [2.45, 2.75) is 20.4 Å². The molecule has 26 heavy (non-hydrogen) atoms. The molecule has 7 nitrogen and oxygen atoms in total. The number of phenolic OH excluding ortho intramolecular Hbond substituents is 1. The Hall–Kier alpha value is -2.87. The Morgan fingerprint density at radius 1 is 1.23 bits per heavy atom. The van der Waals surface area contributed by atoms with Crippen molar-refractivity contribution < 1.29 is 5.11 Å². The lowest BCUT2D eigenvalue weighted by Crippen LogP contribution is -2.41. The van der Waals surface area contributed by atoms with E-state index in [0.29, 0.717) is 17.2 Å². The van der Waals surface area contributed by atoms with E-state index >= 15 is 0 Å². The minimum atomic E-state index is -0.463. The summed E-state index contributed by atoms with van der Waals surface area (Å²) in [5.41, 5.74) is 6.78. The molecule has 3 aromatic rings. The topological polar surface area (TPSA) is 103 Å². The van der Waals surface area contributed by atoms with E-state index in [9.17, 15) is 14.7 Å². The third kappa shape index (κ3) is 3.15. The molecular weight excluding hydrogens is 352 g/mol. The van der Waals surface area contributed by atoms with Crippen LogP contribution in [0.3, 0.4) is 0 Å². The number of aromatic nitrogens is 3. The molecule has 0 amide bonds. The van der Waals surface area contributed by atoms with Crippen LogP contribution in [0.25, 0.3) is 21.8 Å². The molecule has 0 aliphatic heterocycles. The molecule has 0 atom stereocenters. The van der Waals surface area contributed by atoms with Gasteiger partial charge in [-0.05, 0) is 30.2 Å². The van der Waals surface area contributed by atoms with Crippen LogP contribution in [-0.2, 0) is 13.6 Å². The fourth-order valence-corrected chi connectivity index (χ4v) is 3.51. The molecule has 0 saturated carbocycles. The zero-order valence-electron chi connectivity index (χ0n) is 14.8. The van der Waals surface area contributed by atoms with Crippen LogP contribution in [0.15, 0.2) is 39.2 Å². The molecule has 0 radical (unpaired) electrons. The summed E-state index contributed by atoms with van der Waals surface area (Å²) in [5, 5.41) is 11.9. The number of thiazole rings is 1. The van der Waals surface area contributed by atoms with Crippen LogP contribution >= 0.6 is 11.3 Å². The normalized spacial score (nSPS) is 11.2. The Labute approximate surface area is 154 Å². The molecule has 8 heteroatoms. The number of aromatic hydroxyl groups is 1. The van der Waals surface area contributed by atoms with Gasteiger partial charge in [0.1, 0.15) is 22.1 Å². The predicted octanol–water partition coefficient (Wildman–Crippen LogP) is 2.28. The highest BCUT2D eigenvalue weighted by molar-refractivity contribution is 7.13. The summed E-state index contributed by atoms with van der Waals surface area (Å²) < 4.78 is 2.48. The second-order valence-corrected chi connectivity index (χ2v) is 7.35. The molecule has 136 valence electrons. The number of hydrogen-bond donors (Lipinski definition) is 2. The first-order valence-corrected chi connectivity index (χ1v) is 9.02. The summed E-state index contributed by atoms with van der Waals surface area (Å²) in [6.07, 6.45) is 0. The van der Waals surface area contributed by atoms with Gasteiger partial charge in [-0.25, -0.2) is 9.78 Å². The average molecular weight is 372 g/mol. The fourth-order valence-electron chi connectivity index (χ4n) is 2.69. The molecule has 3 rings (SSSR count). The Balaban J connectivity index is 2.16. The Kier molecular flexibility index (Phi) is 4.69. The van der Waals surface area contributed by atoms with Crippen LogP contribution in [0.5, 0.6) is 5.75 Å². The van der Waals surface area contributed by atoms with Gasteiger partial charge in [-0.2, -0.15) is 0 Å². The van der Waals surface area contributed by atoms with E-state index in [0.717, 1.165) is 10.1 Å².